The number of pyridine rings is 1. The largest absolute Gasteiger partial charge is 0.454 e. The molecular weight excluding hydrogens is 390 g/mol. The molecule has 0 atom stereocenters. The van der Waals surface area contributed by atoms with Crippen LogP contribution in [0.2, 0.25) is 0 Å². The predicted octanol–water partition coefficient (Wildman–Crippen LogP) is 5.23. The number of amides is 1. The van der Waals surface area contributed by atoms with Gasteiger partial charge in [-0.15, -0.1) is 0 Å². The van der Waals surface area contributed by atoms with Crippen LogP contribution in [0.3, 0.4) is 0 Å². The lowest BCUT2D eigenvalue weighted by Gasteiger charge is -2.07. The van der Waals surface area contributed by atoms with Crippen molar-refractivity contribution in [2.45, 2.75) is 26.2 Å². The Morgan fingerprint density at radius 1 is 1.10 bits per heavy atom. The Kier molecular flexibility index (Phi) is 5.04. The molecule has 1 amide bonds. The first-order valence-electron chi connectivity index (χ1n) is 10.4. The van der Waals surface area contributed by atoms with Crippen molar-refractivity contribution in [1.29, 1.82) is 0 Å². The van der Waals surface area contributed by atoms with E-state index in [0.29, 0.717) is 23.6 Å². The van der Waals surface area contributed by atoms with Crippen molar-refractivity contribution in [3.63, 3.8) is 0 Å². The van der Waals surface area contributed by atoms with Crippen LogP contribution in [0.15, 0.2) is 60.8 Å². The third-order valence-electron chi connectivity index (χ3n) is 5.47. The highest BCUT2D eigenvalue weighted by Crippen LogP contribution is 2.34. The van der Waals surface area contributed by atoms with E-state index in [0.717, 1.165) is 29.7 Å². The lowest BCUT2D eigenvalue weighted by atomic mass is 10.0. The van der Waals surface area contributed by atoms with Crippen molar-refractivity contribution < 1.29 is 14.3 Å². The van der Waals surface area contributed by atoms with E-state index in [2.05, 4.69) is 40.4 Å². The SMILES string of the molecule is Cc1ccc2[nH]c(-c3ccccn3)c(CCCC(=O)Nc3ccc4c(c3)OCO4)c2c1. The van der Waals surface area contributed by atoms with Crippen LogP contribution in [0.4, 0.5) is 5.69 Å². The maximum atomic E-state index is 12.5. The molecule has 0 bridgehead atoms. The fourth-order valence-corrected chi connectivity index (χ4v) is 3.97. The van der Waals surface area contributed by atoms with Gasteiger partial charge in [0.05, 0.1) is 11.4 Å². The maximum absolute atomic E-state index is 12.5. The van der Waals surface area contributed by atoms with Crippen molar-refractivity contribution in [3.05, 3.63) is 71.9 Å². The van der Waals surface area contributed by atoms with Crippen LogP contribution in [0.1, 0.15) is 24.0 Å². The number of hydrogen-bond donors (Lipinski definition) is 2. The molecule has 0 saturated heterocycles. The van der Waals surface area contributed by atoms with Gasteiger partial charge >= 0.3 is 0 Å². The van der Waals surface area contributed by atoms with Crippen molar-refractivity contribution >= 4 is 22.5 Å². The fraction of sp³-hybridized carbons (Fsp3) is 0.200. The van der Waals surface area contributed by atoms with Crippen molar-refractivity contribution in [1.82, 2.24) is 9.97 Å². The first kappa shape index (κ1) is 19.2. The number of aromatic nitrogens is 2. The highest BCUT2D eigenvalue weighted by molar-refractivity contribution is 5.92. The third-order valence-corrected chi connectivity index (χ3v) is 5.47. The second-order valence-corrected chi connectivity index (χ2v) is 7.71. The third kappa shape index (κ3) is 3.97. The fourth-order valence-electron chi connectivity index (χ4n) is 3.97. The molecule has 0 radical (unpaired) electrons. The van der Waals surface area contributed by atoms with Crippen molar-refractivity contribution in [3.8, 4) is 22.9 Å². The topological polar surface area (TPSA) is 76.2 Å². The Hall–Kier alpha value is -3.80. The lowest BCUT2D eigenvalue weighted by Crippen LogP contribution is -2.11. The standard InChI is InChI=1S/C25H23N3O3/c1-16-8-10-20-19(13-16)18(25(28-20)21-6-2-3-12-26-21)5-4-7-24(29)27-17-9-11-22-23(14-17)31-15-30-22/h2-3,6,8-14,28H,4-5,7,15H2,1H3,(H,27,29). The second kappa shape index (κ2) is 8.14. The number of ether oxygens (including phenoxy) is 2. The normalized spacial score (nSPS) is 12.3. The molecule has 6 heteroatoms. The quantitative estimate of drug-likeness (QED) is 0.454. The minimum atomic E-state index is -0.0192. The number of carbonyl (C=O) groups excluding carboxylic acids is 1. The summed E-state index contributed by atoms with van der Waals surface area (Å²) in [7, 11) is 0. The minimum absolute atomic E-state index is 0.0192. The number of H-pyrrole nitrogens is 1. The van der Waals surface area contributed by atoms with Crippen LogP contribution in [-0.4, -0.2) is 22.7 Å². The molecule has 31 heavy (non-hydrogen) atoms. The molecule has 6 nitrogen and oxygen atoms in total. The number of rotatable bonds is 6. The van der Waals surface area contributed by atoms with Gasteiger partial charge in [-0.25, -0.2) is 0 Å². The molecule has 0 unspecified atom stereocenters. The number of nitrogens with zero attached hydrogens (tertiary/aromatic N) is 1. The molecule has 0 spiro atoms. The molecule has 2 aromatic carbocycles. The smallest absolute Gasteiger partial charge is 0.231 e. The zero-order valence-corrected chi connectivity index (χ0v) is 17.3. The van der Waals surface area contributed by atoms with E-state index in [-0.39, 0.29) is 12.7 Å². The molecule has 1 aliphatic rings. The van der Waals surface area contributed by atoms with Crippen LogP contribution in [-0.2, 0) is 11.2 Å². The number of nitrogens with one attached hydrogen (secondary N) is 2. The lowest BCUT2D eigenvalue weighted by molar-refractivity contribution is -0.116. The summed E-state index contributed by atoms with van der Waals surface area (Å²) in [5.41, 5.74) is 6.15. The van der Waals surface area contributed by atoms with Crippen LogP contribution in [0, 0.1) is 6.92 Å². The maximum Gasteiger partial charge on any atom is 0.231 e. The van der Waals surface area contributed by atoms with Gasteiger partial charge in [0.15, 0.2) is 11.5 Å². The highest BCUT2D eigenvalue weighted by atomic mass is 16.7. The van der Waals surface area contributed by atoms with E-state index in [9.17, 15) is 4.79 Å². The average Bonchev–Trinajstić information content (AvgIpc) is 3.38. The molecule has 2 N–H and O–H groups in total. The Labute approximate surface area is 180 Å². The molecule has 1 aliphatic heterocycles. The summed E-state index contributed by atoms with van der Waals surface area (Å²) in [6.07, 6.45) is 3.74. The zero-order chi connectivity index (χ0) is 21.2. The van der Waals surface area contributed by atoms with E-state index in [1.165, 1.54) is 16.5 Å². The Morgan fingerprint density at radius 3 is 2.87 bits per heavy atom. The van der Waals surface area contributed by atoms with E-state index < -0.39 is 0 Å². The molecule has 0 aliphatic carbocycles. The van der Waals surface area contributed by atoms with E-state index >= 15 is 0 Å². The van der Waals surface area contributed by atoms with Crippen LogP contribution < -0.4 is 14.8 Å². The first-order chi connectivity index (χ1) is 15.2. The Balaban J connectivity index is 1.31. The first-order valence-corrected chi connectivity index (χ1v) is 10.4. The van der Waals surface area contributed by atoms with Gasteiger partial charge in [-0.05, 0) is 61.7 Å². The summed E-state index contributed by atoms with van der Waals surface area (Å²) in [4.78, 5) is 20.6. The van der Waals surface area contributed by atoms with E-state index in [1.807, 2.05) is 30.3 Å². The van der Waals surface area contributed by atoms with Gasteiger partial charge in [0.2, 0.25) is 12.7 Å². The molecule has 2 aromatic heterocycles. The summed E-state index contributed by atoms with van der Waals surface area (Å²) < 4.78 is 10.7. The number of fused-ring (bicyclic) bond motifs is 2. The molecule has 0 fully saturated rings. The van der Waals surface area contributed by atoms with Gasteiger partial charge in [0.25, 0.3) is 0 Å². The second-order valence-electron chi connectivity index (χ2n) is 7.71. The van der Waals surface area contributed by atoms with Crippen molar-refractivity contribution in [2.24, 2.45) is 0 Å². The van der Waals surface area contributed by atoms with Gasteiger partial charge in [-0.2, -0.15) is 0 Å². The zero-order valence-electron chi connectivity index (χ0n) is 17.3. The minimum Gasteiger partial charge on any atom is -0.454 e. The number of benzene rings is 2. The number of aryl methyl sites for hydroxylation is 2. The summed E-state index contributed by atoms with van der Waals surface area (Å²) in [5, 5.41) is 4.14. The van der Waals surface area contributed by atoms with Gasteiger partial charge in [0.1, 0.15) is 0 Å². The summed E-state index contributed by atoms with van der Waals surface area (Å²) in [6.45, 7) is 2.31. The molecule has 0 saturated carbocycles. The van der Waals surface area contributed by atoms with Crippen LogP contribution in [0.25, 0.3) is 22.3 Å². The van der Waals surface area contributed by atoms with Gasteiger partial charge in [-0.3, -0.25) is 9.78 Å². The molecule has 4 aromatic rings. The Bertz CT molecular complexity index is 1250. The van der Waals surface area contributed by atoms with Gasteiger partial charge < -0.3 is 19.8 Å². The monoisotopic (exact) mass is 413 g/mol. The van der Waals surface area contributed by atoms with Crippen LogP contribution >= 0.6 is 0 Å². The van der Waals surface area contributed by atoms with Gasteiger partial charge in [-0.1, -0.05) is 17.7 Å². The van der Waals surface area contributed by atoms with Gasteiger partial charge in [0, 0.05) is 35.3 Å². The summed E-state index contributed by atoms with van der Waals surface area (Å²) in [5.74, 6) is 1.34. The Morgan fingerprint density at radius 2 is 2.00 bits per heavy atom. The molecular formula is C25H23N3O3. The summed E-state index contributed by atoms with van der Waals surface area (Å²) in [6, 6.07) is 17.7. The number of anilines is 1. The highest BCUT2D eigenvalue weighted by Gasteiger charge is 2.16. The van der Waals surface area contributed by atoms with Crippen molar-refractivity contribution in [2.75, 3.05) is 12.1 Å². The molecule has 5 rings (SSSR count). The molecule has 156 valence electrons. The van der Waals surface area contributed by atoms with Crippen LogP contribution in [0.5, 0.6) is 11.5 Å². The van der Waals surface area contributed by atoms with E-state index in [1.54, 1.807) is 12.3 Å². The summed E-state index contributed by atoms with van der Waals surface area (Å²) >= 11 is 0. The number of hydrogen-bond acceptors (Lipinski definition) is 4. The number of carbonyl (C=O) groups is 1. The number of aromatic amines is 1. The molecule has 3 heterocycles. The van der Waals surface area contributed by atoms with E-state index in [4.69, 9.17) is 9.47 Å². The predicted molar refractivity (Wildman–Crippen MR) is 120 cm³/mol. The average molecular weight is 413 g/mol.